The Morgan fingerprint density at radius 3 is 2.24 bits per heavy atom. The molecule has 0 radical (unpaired) electrons. The van der Waals surface area contributed by atoms with Crippen LogP contribution in [0.25, 0.3) is 0 Å². The predicted molar refractivity (Wildman–Crippen MR) is 80.4 cm³/mol. The number of hydrogen-bond acceptors (Lipinski definition) is 4. The van der Waals surface area contributed by atoms with E-state index in [9.17, 15) is 14.9 Å². The number of benzene rings is 1. The van der Waals surface area contributed by atoms with Crippen LogP contribution in [0.3, 0.4) is 0 Å². The molecule has 0 aromatic heterocycles. The largest absolute Gasteiger partial charge is 0.493 e. The summed E-state index contributed by atoms with van der Waals surface area (Å²) in [4.78, 5) is 23.9. The summed E-state index contributed by atoms with van der Waals surface area (Å²) in [6.45, 7) is 5.90. The lowest BCUT2D eigenvalue weighted by atomic mass is 10.3. The van der Waals surface area contributed by atoms with E-state index in [1.54, 1.807) is 12.1 Å². The first kappa shape index (κ1) is 16.9. The molecule has 6 heteroatoms. The summed E-state index contributed by atoms with van der Waals surface area (Å²) >= 11 is 0. The molecule has 0 fully saturated rings. The molecule has 0 heterocycles. The Balaban J connectivity index is 2.41. The van der Waals surface area contributed by atoms with Gasteiger partial charge in [-0.2, -0.15) is 0 Å². The normalized spacial score (nSPS) is 10.2. The second-order valence-corrected chi connectivity index (χ2v) is 4.73. The molecule has 0 aliphatic heterocycles. The SMILES string of the molecule is CCCN(CCC)C(=O)CCOc1ccc([N+](=O)[O-])cc1. The summed E-state index contributed by atoms with van der Waals surface area (Å²) in [7, 11) is 0. The fraction of sp³-hybridized carbons (Fsp3) is 0.533. The number of rotatable bonds is 9. The molecule has 0 N–H and O–H groups in total. The van der Waals surface area contributed by atoms with Crippen LogP contribution in [0.4, 0.5) is 5.69 Å². The third kappa shape index (κ3) is 5.81. The number of nitrogens with zero attached hydrogens (tertiary/aromatic N) is 2. The molecule has 1 rings (SSSR count). The Morgan fingerprint density at radius 1 is 1.19 bits per heavy atom. The number of hydrogen-bond donors (Lipinski definition) is 0. The molecule has 0 atom stereocenters. The molecule has 0 spiro atoms. The Morgan fingerprint density at radius 2 is 1.76 bits per heavy atom. The summed E-state index contributed by atoms with van der Waals surface area (Å²) in [6.07, 6.45) is 2.20. The molecule has 1 amide bonds. The Kier molecular flexibility index (Phi) is 7.21. The van der Waals surface area contributed by atoms with E-state index in [1.807, 2.05) is 18.7 Å². The van der Waals surface area contributed by atoms with Crippen molar-refractivity contribution >= 4 is 11.6 Å². The van der Waals surface area contributed by atoms with Crippen molar-refractivity contribution in [3.8, 4) is 5.75 Å². The summed E-state index contributed by atoms with van der Waals surface area (Å²) in [6, 6.07) is 5.85. The van der Waals surface area contributed by atoms with E-state index in [0.29, 0.717) is 12.2 Å². The zero-order valence-electron chi connectivity index (χ0n) is 12.6. The predicted octanol–water partition coefficient (Wildman–Crippen LogP) is 3.01. The van der Waals surface area contributed by atoms with Crippen LogP contribution in [0.5, 0.6) is 5.75 Å². The van der Waals surface area contributed by atoms with Crippen LogP contribution in [-0.4, -0.2) is 35.4 Å². The highest BCUT2D eigenvalue weighted by Crippen LogP contribution is 2.17. The van der Waals surface area contributed by atoms with Crippen LogP contribution >= 0.6 is 0 Å². The summed E-state index contributed by atoms with van der Waals surface area (Å²) < 4.78 is 5.45. The second kappa shape index (κ2) is 8.94. The average Bonchev–Trinajstić information content (AvgIpc) is 2.47. The van der Waals surface area contributed by atoms with Gasteiger partial charge in [0.05, 0.1) is 18.0 Å². The molecule has 1 aromatic rings. The molecule has 0 bridgehead atoms. The van der Waals surface area contributed by atoms with E-state index >= 15 is 0 Å². The highest BCUT2D eigenvalue weighted by atomic mass is 16.6. The lowest BCUT2D eigenvalue weighted by Crippen LogP contribution is -2.33. The van der Waals surface area contributed by atoms with Gasteiger partial charge in [-0.1, -0.05) is 13.8 Å². The fourth-order valence-corrected chi connectivity index (χ4v) is 1.98. The Bertz CT molecular complexity index is 453. The van der Waals surface area contributed by atoms with Crippen molar-refractivity contribution in [2.45, 2.75) is 33.1 Å². The summed E-state index contributed by atoms with van der Waals surface area (Å²) in [5.74, 6) is 0.617. The number of carbonyl (C=O) groups excluding carboxylic acids is 1. The zero-order chi connectivity index (χ0) is 15.7. The third-order valence-electron chi connectivity index (χ3n) is 2.97. The standard InChI is InChI=1S/C15H22N2O4/c1-3-10-16(11-4-2)15(18)9-12-21-14-7-5-13(6-8-14)17(19)20/h5-8H,3-4,9-12H2,1-2H3. The van der Waals surface area contributed by atoms with Crippen molar-refractivity contribution in [1.82, 2.24) is 4.90 Å². The zero-order valence-corrected chi connectivity index (χ0v) is 12.6. The maximum Gasteiger partial charge on any atom is 0.269 e. The topological polar surface area (TPSA) is 72.7 Å². The molecule has 0 unspecified atom stereocenters. The first-order chi connectivity index (χ1) is 10.1. The van der Waals surface area contributed by atoms with Crippen LogP contribution in [0.1, 0.15) is 33.1 Å². The average molecular weight is 294 g/mol. The minimum absolute atomic E-state index is 0.0236. The van der Waals surface area contributed by atoms with Gasteiger partial charge in [-0.25, -0.2) is 0 Å². The number of non-ortho nitro benzene ring substituents is 1. The highest BCUT2D eigenvalue weighted by molar-refractivity contribution is 5.76. The van der Waals surface area contributed by atoms with E-state index in [4.69, 9.17) is 4.74 Å². The molecule has 0 aliphatic rings. The summed E-state index contributed by atoms with van der Waals surface area (Å²) in [5.41, 5.74) is 0.0236. The molecule has 116 valence electrons. The molecular formula is C15H22N2O4. The highest BCUT2D eigenvalue weighted by Gasteiger charge is 2.11. The van der Waals surface area contributed by atoms with E-state index < -0.39 is 4.92 Å². The van der Waals surface area contributed by atoms with Gasteiger partial charge < -0.3 is 9.64 Å². The van der Waals surface area contributed by atoms with Crippen molar-refractivity contribution in [2.75, 3.05) is 19.7 Å². The van der Waals surface area contributed by atoms with Crippen molar-refractivity contribution < 1.29 is 14.5 Å². The lowest BCUT2D eigenvalue weighted by molar-refractivity contribution is -0.384. The van der Waals surface area contributed by atoms with E-state index in [-0.39, 0.29) is 18.2 Å². The Hall–Kier alpha value is -2.11. The minimum Gasteiger partial charge on any atom is -0.493 e. The van der Waals surface area contributed by atoms with E-state index in [0.717, 1.165) is 25.9 Å². The van der Waals surface area contributed by atoms with Gasteiger partial charge >= 0.3 is 0 Å². The van der Waals surface area contributed by atoms with Gasteiger partial charge in [-0.15, -0.1) is 0 Å². The number of nitro benzene ring substituents is 1. The maximum atomic E-state index is 12.0. The van der Waals surface area contributed by atoms with Gasteiger partial charge in [0.2, 0.25) is 5.91 Å². The fourth-order valence-electron chi connectivity index (χ4n) is 1.98. The van der Waals surface area contributed by atoms with Gasteiger partial charge in [0.1, 0.15) is 5.75 Å². The van der Waals surface area contributed by atoms with Gasteiger partial charge in [-0.05, 0) is 25.0 Å². The second-order valence-electron chi connectivity index (χ2n) is 4.73. The lowest BCUT2D eigenvalue weighted by Gasteiger charge is -2.21. The van der Waals surface area contributed by atoms with Crippen LogP contribution in [-0.2, 0) is 4.79 Å². The van der Waals surface area contributed by atoms with Gasteiger partial charge in [-0.3, -0.25) is 14.9 Å². The van der Waals surface area contributed by atoms with Crippen molar-refractivity contribution in [3.63, 3.8) is 0 Å². The smallest absolute Gasteiger partial charge is 0.269 e. The van der Waals surface area contributed by atoms with Crippen molar-refractivity contribution in [1.29, 1.82) is 0 Å². The van der Waals surface area contributed by atoms with Crippen LogP contribution < -0.4 is 4.74 Å². The maximum absolute atomic E-state index is 12.0. The number of nitro groups is 1. The van der Waals surface area contributed by atoms with Crippen LogP contribution in [0, 0.1) is 10.1 Å². The quantitative estimate of drug-likeness (QED) is 0.518. The third-order valence-corrected chi connectivity index (χ3v) is 2.97. The molecule has 21 heavy (non-hydrogen) atoms. The summed E-state index contributed by atoms with van der Waals surface area (Å²) in [5, 5.41) is 10.5. The van der Waals surface area contributed by atoms with Crippen molar-refractivity contribution in [3.05, 3.63) is 34.4 Å². The molecule has 0 aliphatic carbocycles. The van der Waals surface area contributed by atoms with Crippen molar-refractivity contribution in [2.24, 2.45) is 0 Å². The van der Waals surface area contributed by atoms with Gasteiger partial charge in [0.15, 0.2) is 0 Å². The number of ether oxygens (including phenoxy) is 1. The molecule has 0 saturated carbocycles. The molecule has 6 nitrogen and oxygen atoms in total. The number of amides is 1. The van der Waals surface area contributed by atoms with Gasteiger partial charge in [0.25, 0.3) is 5.69 Å². The molecular weight excluding hydrogens is 272 g/mol. The first-order valence-corrected chi connectivity index (χ1v) is 7.23. The Labute approximate surface area is 124 Å². The van der Waals surface area contributed by atoms with E-state index in [2.05, 4.69) is 0 Å². The van der Waals surface area contributed by atoms with Crippen LogP contribution in [0.2, 0.25) is 0 Å². The minimum atomic E-state index is -0.458. The van der Waals surface area contributed by atoms with Gasteiger partial charge in [0, 0.05) is 25.2 Å². The molecule has 1 aromatic carbocycles. The monoisotopic (exact) mass is 294 g/mol. The molecule has 0 saturated heterocycles. The van der Waals surface area contributed by atoms with E-state index in [1.165, 1.54) is 12.1 Å². The number of carbonyl (C=O) groups is 1. The van der Waals surface area contributed by atoms with Crippen LogP contribution in [0.15, 0.2) is 24.3 Å². The first-order valence-electron chi connectivity index (χ1n) is 7.23.